The molecule has 154 valence electrons. The summed E-state index contributed by atoms with van der Waals surface area (Å²) in [4.78, 5) is 25.4. The minimum absolute atomic E-state index is 0.0746. The van der Waals surface area contributed by atoms with Gasteiger partial charge in [-0.3, -0.25) is 14.9 Å². The lowest BCUT2D eigenvalue weighted by Crippen LogP contribution is -2.26. The fourth-order valence-corrected chi connectivity index (χ4v) is 6.06. The average molecular weight is 497 g/mol. The molecule has 2 heterocycles. The second-order valence-electron chi connectivity index (χ2n) is 6.28. The van der Waals surface area contributed by atoms with E-state index >= 15 is 0 Å². The lowest BCUT2D eigenvalue weighted by Gasteiger charge is -2.21. The highest BCUT2D eigenvalue weighted by Gasteiger charge is 2.24. The summed E-state index contributed by atoms with van der Waals surface area (Å²) in [5.41, 5.74) is 1.90. The Bertz CT molecular complexity index is 1120. The highest BCUT2D eigenvalue weighted by Crippen LogP contribution is 2.36. The molecule has 2 aromatic carbocycles. The summed E-state index contributed by atoms with van der Waals surface area (Å²) in [6, 6.07) is 10.6. The Morgan fingerprint density at radius 3 is 2.77 bits per heavy atom. The maximum atomic E-state index is 12.6. The van der Waals surface area contributed by atoms with E-state index in [4.69, 9.17) is 23.2 Å². The van der Waals surface area contributed by atoms with Crippen molar-refractivity contribution in [2.45, 2.75) is 27.2 Å². The number of benzene rings is 2. The van der Waals surface area contributed by atoms with Gasteiger partial charge in [0.1, 0.15) is 0 Å². The lowest BCUT2D eigenvalue weighted by molar-refractivity contribution is -0.115. The second kappa shape index (κ2) is 9.15. The fourth-order valence-electron chi connectivity index (χ4n) is 2.64. The Hall–Kier alpha value is -1.78. The first-order valence-corrected chi connectivity index (χ1v) is 12.2. The smallest absolute Gasteiger partial charge is 0.257 e. The number of nitrogens with one attached hydrogen (secondary N) is 2. The van der Waals surface area contributed by atoms with Gasteiger partial charge in [-0.05, 0) is 42.8 Å². The van der Waals surface area contributed by atoms with Crippen molar-refractivity contribution < 1.29 is 9.59 Å². The van der Waals surface area contributed by atoms with Gasteiger partial charge in [0.2, 0.25) is 11.0 Å². The molecule has 1 unspecified atom stereocenters. The maximum Gasteiger partial charge on any atom is 0.257 e. The molecule has 0 radical (unpaired) electrons. The van der Waals surface area contributed by atoms with Crippen LogP contribution < -0.4 is 10.6 Å². The molecule has 1 aromatic heterocycles. The largest absolute Gasteiger partial charge is 0.324 e. The topological polar surface area (TPSA) is 84.0 Å². The molecule has 0 spiro atoms. The molecule has 4 rings (SSSR count). The van der Waals surface area contributed by atoms with Crippen LogP contribution in [-0.4, -0.2) is 27.3 Å². The summed E-state index contributed by atoms with van der Waals surface area (Å²) in [5.74, 6) is 0.147. The van der Waals surface area contributed by atoms with Gasteiger partial charge in [-0.25, -0.2) is 0 Å². The number of amides is 2. The third kappa shape index (κ3) is 4.76. The molecule has 1 atom stereocenters. The number of aromatic nitrogens is 2. The van der Waals surface area contributed by atoms with Gasteiger partial charge in [0.15, 0.2) is 4.34 Å². The van der Waals surface area contributed by atoms with Crippen LogP contribution in [0.3, 0.4) is 0 Å². The lowest BCUT2D eigenvalue weighted by atomic mass is 10.2. The quantitative estimate of drug-likeness (QED) is 0.341. The van der Waals surface area contributed by atoms with Gasteiger partial charge in [-0.2, -0.15) is 0 Å². The van der Waals surface area contributed by atoms with Crippen molar-refractivity contribution in [2.75, 3.05) is 10.6 Å². The van der Waals surface area contributed by atoms with Gasteiger partial charge in [-0.15, -0.1) is 22.0 Å². The van der Waals surface area contributed by atoms with Crippen LogP contribution >= 0.6 is 58.1 Å². The molecule has 0 saturated heterocycles. The Morgan fingerprint density at radius 1 is 1.23 bits per heavy atom. The third-order valence-corrected chi connectivity index (χ3v) is 8.09. The monoisotopic (exact) mass is 496 g/mol. The number of thioether (sulfide) groups is 2. The number of nitrogens with zero attached hydrogens (tertiary/aromatic N) is 2. The SMILES string of the molecule is CC1Sc2ccc(C(=O)Nc3nnc(SCc4c(Cl)cccc4Cl)s3)cc2NC1=O. The van der Waals surface area contributed by atoms with E-state index < -0.39 is 0 Å². The fraction of sp³-hybridized carbons (Fsp3) is 0.158. The molecule has 0 saturated carbocycles. The van der Waals surface area contributed by atoms with Crippen molar-refractivity contribution in [3.63, 3.8) is 0 Å². The predicted octanol–water partition coefficient (Wildman–Crippen LogP) is 5.82. The van der Waals surface area contributed by atoms with E-state index in [0.717, 1.165) is 10.5 Å². The number of rotatable bonds is 5. The average Bonchev–Trinajstić information content (AvgIpc) is 3.15. The van der Waals surface area contributed by atoms with E-state index in [1.54, 1.807) is 30.3 Å². The molecule has 3 aromatic rings. The van der Waals surface area contributed by atoms with Gasteiger partial charge < -0.3 is 5.32 Å². The van der Waals surface area contributed by atoms with Gasteiger partial charge in [0.25, 0.3) is 5.91 Å². The molecular formula is C19H14Cl2N4O2S3. The van der Waals surface area contributed by atoms with Crippen LogP contribution in [0, 0.1) is 0 Å². The van der Waals surface area contributed by atoms with E-state index in [1.807, 2.05) is 13.0 Å². The Kier molecular flexibility index (Phi) is 6.54. The zero-order valence-electron chi connectivity index (χ0n) is 15.4. The van der Waals surface area contributed by atoms with E-state index in [0.29, 0.717) is 36.5 Å². The molecule has 0 fully saturated rings. The first-order chi connectivity index (χ1) is 14.4. The molecule has 0 bridgehead atoms. The summed E-state index contributed by atoms with van der Waals surface area (Å²) < 4.78 is 0.685. The summed E-state index contributed by atoms with van der Waals surface area (Å²) in [6.45, 7) is 1.84. The van der Waals surface area contributed by atoms with Gasteiger partial charge in [-0.1, -0.05) is 52.4 Å². The minimum atomic E-state index is -0.322. The van der Waals surface area contributed by atoms with Gasteiger partial charge in [0, 0.05) is 26.3 Å². The number of fused-ring (bicyclic) bond motifs is 1. The minimum Gasteiger partial charge on any atom is -0.324 e. The first kappa shape index (κ1) is 21.5. The first-order valence-electron chi connectivity index (χ1n) is 8.73. The van der Waals surface area contributed by atoms with E-state index in [1.165, 1.54) is 34.9 Å². The number of anilines is 2. The molecule has 1 aliphatic rings. The summed E-state index contributed by atoms with van der Waals surface area (Å²) in [7, 11) is 0. The summed E-state index contributed by atoms with van der Waals surface area (Å²) in [6.07, 6.45) is 0. The highest BCUT2D eigenvalue weighted by molar-refractivity contribution is 8.01. The van der Waals surface area contributed by atoms with Crippen LogP contribution in [0.4, 0.5) is 10.8 Å². The molecule has 2 amide bonds. The Balaban J connectivity index is 1.41. The van der Waals surface area contributed by atoms with Crippen LogP contribution in [0.5, 0.6) is 0 Å². The van der Waals surface area contributed by atoms with Crippen molar-refractivity contribution >= 4 is 80.7 Å². The normalized spacial score (nSPS) is 15.4. The Labute approximate surface area is 195 Å². The maximum absolute atomic E-state index is 12.6. The van der Waals surface area contributed by atoms with Crippen LogP contribution in [0.25, 0.3) is 0 Å². The molecule has 30 heavy (non-hydrogen) atoms. The van der Waals surface area contributed by atoms with Crippen LogP contribution in [0.1, 0.15) is 22.8 Å². The van der Waals surface area contributed by atoms with Crippen molar-refractivity contribution in [2.24, 2.45) is 0 Å². The molecule has 11 heteroatoms. The van der Waals surface area contributed by atoms with Crippen molar-refractivity contribution in [3.05, 3.63) is 57.6 Å². The standard InChI is InChI=1S/C19H14Cl2N4O2S3/c1-9-16(26)22-14-7-10(5-6-15(14)29-9)17(27)23-18-24-25-19(30-18)28-8-11-12(20)3-2-4-13(11)21/h2-7,9H,8H2,1H3,(H,22,26)(H,23,24,27). The zero-order valence-corrected chi connectivity index (χ0v) is 19.4. The number of carbonyl (C=O) groups is 2. The summed E-state index contributed by atoms with van der Waals surface area (Å²) in [5, 5.41) is 15.1. The van der Waals surface area contributed by atoms with Crippen molar-refractivity contribution in [1.29, 1.82) is 0 Å². The number of hydrogen-bond donors (Lipinski definition) is 2. The van der Waals surface area contributed by atoms with Gasteiger partial charge >= 0.3 is 0 Å². The van der Waals surface area contributed by atoms with Crippen molar-refractivity contribution in [3.8, 4) is 0 Å². The third-order valence-electron chi connectivity index (χ3n) is 4.20. The molecule has 2 N–H and O–H groups in total. The van der Waals surface area contributed by atoms with Crippen LogP contribution in [0.2, 0.25) is 10.0 Å². The van der Waals surface area contributed by atoms with Crippen LogP contribution in [-0.2, 0) is 10.5 Å². The van der Waals surface area contributed by atoms with E-state index in [2.05, 4.69) is 20.8 Å². The van der Waals surface area contributed by atoms with Crippen LogP contribution in [0.15, 0.2) is 45.6 Å². The molecule has 0 aliphatic carbocycles. The van der Waals surface area contributed by atoms with Crippen molar-refractivity contribution in [1.82, 2.24) is 10.2 Å². The predicted molar refractivity (Wildman–Crippen MR) is 124 cm³/mol. The number of hydrogen-bond acceptors (Lipinski definition) is 7. The van der Waals surface area contributed by atoms with E-state index in [9.17, 15) is 9.59 Å². The highest BCUT2D eigenvalue weighted by atomic mass is 35.5. The molecule has 1 aliphatic heterocycles. The summed E-state index contributed by atoms with van der Waals surface area (Å²) >= 11 is 16.6. The second-order valence-corrected chi connectivity index (χ2v) is 10.7. The molecular weight excluding hydrogens is 483 g/mol. The zero-order chi connectivity index (χ0) is 21.3. The molecule has 6 nitrogen and oxygen atoms in total. The van der Waals surface area contributed by atoms with Gasteiger partial charge in [0.05, 0.1) is 10.9 Å². The number of halogens is 2. The number of carbonyl (C=O) groups excluding carboxylic acids is 2. The van der Waals surface area contributed by atoms with E-state index in [-0.39, 0.29) is 17.1 Å². The Morgan fingerprint density at radius 2 is 2.00 bits per heavy atom.